The Morgan fingerprint density at radius 2 is 0.738 bits per heavy atom. The van der Waals surface area contributed by atoms with Gasteiger partial charge in [-0.2, -0.15) is 0 Å². The van der Waals surface area contributed by atoms with Crippen molar-refractivity contribution in [1.82, 2.24) is 4.57 Å². The highest BCUT2D eigenvalue weighted by Crippen LogP contribution is 2.15. The van der Waals surface area contributed by atoms with Gasteiger partial charge >= 0.3 is 0 Å². The van der Waals surface area contributed by atoms with E-state index < -0.39 is 0 Å². The van der Waals surface area contributed by atoms with Crippen LogP contribution in [0.5, 0.6) is 0 Å². The Labute approximate surface area is 266 Å². The van der Waals surface area contributed by atoms with Crippen LogP contribution in [-0.4, -0.2) is 4.57 Å². The van der Waals surface area contributed by atoms with Crippen LogP contribution < -0.4 is 4.57 Å². The van der Waals surface area contributed by atoms with Gasteiger partial charge in [-0.1, -0.05) is 188 Å². The Morgan fingerprint density at radius 1 is 0.405 bits per heavy atom. The predicted molar refractivity (Wildman–Crippen MR) is 188 cm³/mol. The number of unbranched alkanes of at least 4 members (excludes halogenated alkanes) is 28. The third-order valence-electron chi connectivity index (χ3n) is 9.60. The van der Waals surface area contributed by atoms with Crippen LogP contribution in [0.4, 0.5) is 0 Å². The molecule has 2 heteroatoms. The van der Waals surface area contributed by atoms with E-state index in [9.17, 15) is 0 Å². The zero-order chi connectivity index (χ0) is 30.2. The molecule has 0 spiro atoms. The van der Waals surface area contributed by atoms with Gasteiger partial charge in [0.25, 0.3) is 5.82 Å². The van der Waals surface area contributed by atoms with Crippen LogP contribution in [-0.2, 0) is 19.5 Å². The summed E-state index contributed by atoms with van der Waals surface area (Å²) in [5, 5.41) is 0. The van der Waals surface area contributed by atoms with Crippen LogP contribution in [0.25, 0.3) is 0 Å². The van der Waals surface area contributed by atoms with E-state index in [2.05, 4.69) is 42.3 Å². The van der Waals surface area contributed by atoms with Crippen molar-refractivity contribution >= 4 is 0 Å². The van der Waals surface area contributed by atoms with Gasteiger partial charge in [0.15, 0.2) is 0 Å². The molecule has 0 atom stereocenters. The van der Waals surface area contributed by atoms with Gasteiger partial charge in [0, 0.05) is 6.42 Å². The van der Waals surface area contributed by atoms with E-state index in [1.54, 1.807) is 5.82 Å². The van der Waals surface area contributed by atoms with Crippen molar-refractivity contribution in [2.45, 2.75) is 239 Å². The van der Waals surface area contributed by atoms with E-state index in [0.29, 0.717) is 0 Å². The molecule has 0 N–H and O–H groups in total. The van der Waals surface area contributed by atoms with Gasteiger partial charge in [0.1, 0.15) is 12.4 Å². The molecule has 0 unspecified atom stereocenters. The average molecular weight is 588 g/mol. The van der Waals surface area contributed by atoms with Gasteiger partial charge in [0.2, 0.25) is 0 Å². The lowest BCUT2D eigenvalue weighted by molar-refractivity contribution is -0.704. The van der Waals surface area contributed by atoms with Crippen LogP contribution in [0, 0.1) is 0 Å². The fourth-order valence-electron chi connectivity index (χ4n) is 6.68. The first-order chi connectivity index (χ1) is 20.8. The summed E-state index contributed by atoms with van der Waals surface area (Å²) in [4.78, 5) is 0. The summed E-state index contributed by atoms with van der Waals surface area (Å²) in [6.07, 6.45) is 50.4. The number of rotatable bonds is 34. The summed E-state index contributed by atoms with van der Waals surface area (Å²) >= 11 is 0. The van der Waals surface area contributed by atoms with Crippen LogP contribution >= 0.6 is 0 Å². The van der Waals surface area contributed by atoms with Gasteiger partial charge in [0.05, 0.1) is 13.1 Å². The molecule has 0 radical (unpaired) electrons. The molecule has 0 fully saturated rings. The first-order valence-electron chi connectivity index (χ1n) is 19.9. The molecular formula is C40H79N2+. The minimum Gasteiger partial charge on any atom is -0.234 e. The van der Waals surface area contributed by atoms with Crippen molar-refractivity contribution in [3.63, 3.8) is 0 Å². The Bertz CT molecular complexity index is 648. The lowest BCUT2D eigenvalue weighted by atomic mass is 10.1. The quantitative estimate of drug-likeness (QED) is 0.0560. The number of imidazole rings is 1. The van der Waals surface area contributed by atoms with E-state index in [-0.39, 0.29) is 0 Å². The van der Waals surface area contributed by atoms with Crippen molar-refractivity contribution in [2.75, 3.05) is 0 Å². The number of hydrogen-bond acceptors (Lipinski definition) is 0. The third-order valence-corrected chi connectivity index (χ3v) is 9.60. The lowest BCUT2D eigenvalue weighted by Crippen LogP contribution is -2.37. The fraction of sp³-hybridized carbons (Fsp3) is 0.925. The molecule has 1 rings (SSSR count). The summed E-state index contributed by atoms with van der Waals surface area (Å²) in [5.74, 6) is 1.62. The highest BCUT2D eigenvalue weighted by Gasteiger charge is 2.16. The molecule has 0 saturated carbocycles. The number of nitrogens with zero attached hydrogens (tertiary/aromatic N) is 2. The maximum Gasteiger partial charge on any atom is 0.256 e. The van der Waals surface area contributed by atoms with Gasteiger partial charge in [-0.05, 0) is 32.1 Å². The largest absolute Gasteiger partial charge is 0.256 e. The Morgan fingerprint density at radius 3 is 1.14 bits per heavy atom. The zero-order valence-electron chi connectivity index (χ0n) is 29.6. The molecule has 1 heterocycles. The molecule has 0 aromatic carbocycles. The molecular weight excluding hydrogens is 508 g/mol. The second kappa shape index (κ2) is 31.6. The summed E-state index contributed by atoms with van der Waals surface area (Å²) in [5.41, 5.74) is 0. The molecule has 0 aliphatic heterocycles. The molecule has 248 valence electrons. The molecule has 0 amide bonds. The first-order valence-corrected chi connectivity index (χ1v) is 19.9. The van der Waals surface area contributed by atoms with E-state index in [1.165, 1.54) is 219 Å². The predicted octanol–water partition coefficient (Wildman–Crippen LogP) is 13.5. The highest BCUT2D eigenvalue weighted by molar-refractivity contribution is 4.84. The molecule has 0 saturated heterocycles. The lowest BCUT2D eigenvalue weighted by Gasteiger charge is -2.07. The summed E-state index contributed by atoms with van der Waals surface area (Å²) in [7, 11) is 0. The minimum absolute atomic E-state index is 1.23. The van der Waals surface area contributed by atoms with Crippen LogP contribution in [0.2, 0.25) is 0 Å². The summed E-state index contributed by atoms with van der Waals surface area (Å²) < 4.78 is 5.27. The number of aromatic nitrogens is 2. The molecule has 0 bridgehead atoms. The smallest absolute Gasteiger partial charge is 0.234 e. The monoisotopic (exact) mass is 588 g/mol. The Balaban J connectivity index is 2.29. The van der Waals surface area contributed by atoms with Crippen molar-refractivity contribution in [3.05, 3.63) is 18.2 Å². The second-order valence-electron chi connectivity index (χ2n) is 13.8. The summed E-state index contributed by atoms with van der Waals surface area (Å²) in [6, 6.07) is 0. The maximum atomic E-state index is 2.64. The highest BCUT2D eigenvalue weighted by atomic mass is 15.1. The summed E-state index contributed by atoms with van der Waals surface area (Å²) in [6.45, 7) is 9.40. The van der Waals surface area contributed by atoms with Gasteiger partial charge < -0.3 is 0 Å². The standard InChI is InChI=1S/C40H79N2/c1-4-7-10-13-16-19-21-23-25-28-31-34-37-42-39-38-41(40(42)35-32-29-26-18-15-12-9-6-3)36-33-30-27-24-22-20-17-14-11-8-5-2/h38-39H,4-37H2,1-3H3/q+1. The minimum atomic E-state index is 1.23. The van der Waals surface area contributed by atoms with Crippen molar-refractivity contribution in [2.24, 2.45) is 0 Å². The third kappa shape index (κ3) is 23.6. The van der Waals surface area contributed by atoms with Crippen molar-refractivity contribution < 1.29 is 4.57 Å². The first kappa shape index (κ1) is 39.2. The van der Waals surface area contributed by atoms with E-state index in [0.717, 1.165) is 0 Å². The van der Waals surface area contributed by atoms with E-state index >= 15 is 0 Å². The van der Waals surface area contributed by atoms with E-state index in [4.69, 9.17) is 0 Å². The Hall–Kier alpha value is -0.790. The normalized spacial score (nSPS) is 11.6. The molecule has 2 nitrogen and oxygen atoms in total. The van der Waals surface area contributed by atoms with Crippen LogP contribution in [0.15, 0.2) is 12.4 Å². The molecule has 1 aromatic rings. The van der Waals surface area contributed by atoms with Gasteiger partial charge in [-0.25, -0.2) is 9.13 Å². The number of aryl methyl sites for hydroxylation is 2. The Kier molecular flexibility index (Phi) is 29.5. The van der Waals surface area contributed by atoms with Crippen LogP contribution in [0.3, 0.4) is 0 Å². The van der Waals surface area contributed by atoms with E-state index in [1.807, 2.05) is 0 Å². The maximum absolute atomic E-state index is 2.64. The average Bonchev–Trinajstić information content (AvgIpc) is 3.38. The van der Waals surface area contributed by atoms with Crippen molar-refractivity contribution in [3.8, 4) is 0 Å². The molecule has 1 aromatic heterocycles. The van der Waals surface area contributed by atoms with Gasteiger partial charge in [-0.3, -0.25) is 0 Å². The zero-order valence-corrected chi connectivity index (χ0v) is 29.6. The fourth-order valence-corrected chi connectivity index (χ4v) is 6.68. The second-order valence-corrected chi connectivity index (χ2v) is 13.8. The topological polar surface area (TPSA) is 8.81 Å². The van der Waals surface area contributed by atoms with Crippen molar-refractivity contribution in [1.29, 1.82) is 0 Å². The van der Waals surface area contributed by atoms with Crippen LogP contribution in [0.1, 0.15) is 226 Å². The SMILES string of the molecule is CCCCCCCCCCCCCCn1cc[n+](CCCCCCCCCCCCC)c1CCCCCCCCCC. The molecule has 42 heavy (non-hydrogen) atoms. The number of hydrogen-bond donors (Lipinski definition) is 0. The molecule has 0 aliphatic carbocycles. The molecule has 0 aliphatic rings. The van der Waals surface area contributed by atoms with Gasteiger partial charge in [-0.15, -0.1) is 0 Å².